The second-order valence-corrected chi connectivity index (χ2v) is 7.57. The first-order valence-corrected chi connectivity index (χ1v) is 10.2. The number of hydrogen-bond acceptors (Lipinski definition) is 7. The van der Waals surface area contributed by atoms with Crippen LogP contribution >= 0.6 is 11.8 Å². The zero-order valence-corrected chi connectivity index (χ0v) is 17.2. The van der Waals surface area contributed by atoms with Crippen LogP contribution in [-0.2, 0) is 20.9 Å². The van der Waals surface area contributed by atoms with E-state index in [0.717, 1.165) is 17.3 Å². The van der Waals surface area contributed by atoms with E-state index in [-0.39, 0.29) is 18.9 Å². The molecule has 10 heteroatoms. The van der Waals surface area contributed by atoms with Crippen molar-refractivity contribution in [2.75, 3.05) is 6.54 Å². The van der Waals surface area contributed by atoms with E-state index in [1.807, 2.05) is 36.4 Å². The van der Waals surface area contributed by atoms with Crippen LogP contribution in [0.4, 0.5) is 0 Å². The van der Waals surface area contributed by atoms with Crippen LogP contribution in [0.5, 0.6) is 0 Å². The van der Waals surface area contributed by atoms with Gasteiger partial charge in [0.25, 0.3) is 0 Å². The average Bonchev–Trinajstić information content (AvgIpc) is 3.37. The predicted molar refractivity (Wildman–Crippen MR) is 117 cm³/mol. The summed E-state index contributed by atoms with van der Waals surface area (Å²) in [6, 6.07) is 13.1. The number of thioether (sulfide) groups is 1. The number of nitrogens with one attached hydrogen (secondary N) is 1. The van der Waals surface area contributed by atoms with Crippen LogP contribution in [0.25, 0.3) is 6.08 Å². The lowest BCUT2D eigenvalue weighted by molar-refractivity contribution is -0.138. The zero-order valence-electron chi connectivity index (χ0n) is 16.4. The molecular formula is C21H20N4O5S. The van der Waals surface area contributed by atoms with Gasteiger partial charge in [-0.25, -0.2) is 0 Å². The van der Waals surface area contributed by atoms with Crippen LogP contribution in [0.15, 0.2) is 69.4 Å². The maximum atomic E-state index is 12.8. The molecule has 2 aromatic rings. The first-order chi connectivity index (χ1) is 15.0. The molecule has 0 aliphatic carbocycles. The van der Waals surface area contributed by atoms with Crippen molar-refractivity contribution in [2.45, 2.75) is 18.2 Å². The molecule has 1 aromatic carbocycles. The molecule has 0 spiro atoms. The summed E-state index contributed by atoms with van der Waals surface area (Å²) in [5.41, 5.74) is 1.01. The van der Waals surface area contributed by atoms with Crippen molar-refractivity contribution in [2.24, 2.45) is 10.2 Å². The van der Waals surface area contributed by atoms with Crippen molar-refractivity contribution >= 4 is 47.0 Å². The molecule has 1 saturated heterocycles. The number of allylic oxidation sites excluding steroid dienone is 1. The number of amides is 2. The molecule has 2 amide bonds. The highest BCUT2D eigenvalue weighted by atomic mass is 32.2. The summed E-state index contributed by atoms with van der Waals surface area (Å²) in [5, 5.41) is 18.7. The van der Waals surface area contributed by atoms with Gasteiger partial charge in [-0.1, -0.05) is 48.2 Å². The van der Waals surface area contributed by atoms with Gasteiger partial charge in [0, 0.05) is 12.6 Å². The first-order valence-electron chi connectivity index (χ1n) is 9.34. The quantitative estimate of drug-likeness (QED) is 0.456. The SMILES string of the molecule is O=C(O)CNC(=O)C[C@H]1S\C(=N/N=C\C=C\c2ccccc2)N(Cc2ccco2)C1=O. The number of aliphatic carboxylic acids is 1. The van der Waals surface area contributed by atoms with Crippen molar-refractivity contribution < 1.29 is 23.9 Å². The molecule has 0 saturated carbocycles. The second-order valence-electron chi connectivity index (χ2n) is 6.40. The number of benzene rings is 1. The van der Waals surface area contributed by atoms with Gasteiger partial charge in [0.15, 0.2) is 5.17 Å². The number of carbonyl (C=O) groups excluding carboxylic acids is 2. The molecule has 0 radical (unpaired) electrons. The molecule has 1 aliphatic heterocycles. The minimum absolute atomic E-state index is 0.153. The maximum Gasteiger partial charge on any atom is 0.322 e. The van der Waals surface area contributed by atoms with Crippen LogP contribution < -0.4 is 5.32 Å². The van der Waals surface area contributed by atoms with Crippen molar-refractivity contribution in [1.29, 1.82) is 0 Å². The fraction of sp³-hybridized carbons (Fsp3) is 0.190. The van der Waals surface area contributed by atoms with Crippen LogP contribution in [0.2, 0.25) is 0 Å². The highest BCUT2D eigenvalue weighted by molar-refractivity contribution is 8.15. The number of nitrogens with zero attached hydrogens (tertiary/aromatic N) is 3. The Bertz CT molecular complexity index is 1000. The Hall–Kier alpha value is -3.66. The van der Waals surface area contributed by atoms with E-state index in [0.29, 0.717) is 10.9 Å². The fourth-order valence-electron chi connectivity index (χ4n) is 2.67. The molecule has 2 heterocycles. The van der Waals surface area contributed by atoms with Crippen molar-refractivity contribution in [3.63, 3.8) is 0 Å². The van der Waals surface area contributed by atoms with Crippen molar-refractivity contribution in [1.82, 2.24) is 10.2 Å². The highest BCUT2D eigenvalue weighted by Gasteiger charge is 2.39. The molecule has 3 rings (SSSR count). The molecule has 0 bridgehead atoms. The lowest BCUT2D eigenvalue weighted by atomic mass is 10.2. The number of hydrogen-bond donors (Lipinski definition) is 2. The number of carbonyl (C=O) groups is 3. The summed E-state index contributed by atoms with van der Waals surface area (Å²) in [6.45, 7) is -0.347. The van der Waals surface area contributed by atoms with E-state index >= 15 is 0 Å². The van der Waals surface area contributed by atoms with Gasteiger partial charge < -0.3 is 14.8 Å². The lowest BCUT2D eigenvalue weighted by Crippen LogP contribution is -2.35. The third kappa shape index (κ3) is 6.68. The predicted octanol–water partition coefficient (Wildman–Crippen LogP) is 2.37. The molecule has 2 N–H and O–H groups in total. The number of carboxylic acids is 1. The lowest BCUT2D eigenvalue weighted by Gasteiger charge is -2.13. The summed E-state index contributed by atoms with van der Waals surface area (Å²) in [5.74, 6) is -1.44. The Labute approximate surface area is 182 Å². The van der Waals surface area contributed by atoms with Gasteiger partial charge in [0.1, 0.15) is 17.6 Å². The number of rotatable bonds is 9. The number of amidine groups is 1. The van der Waals surface area contributed by atoms with E-state index in [2.05, 4.69) is 15.5 Å². The normalized spacial score (nSPS) is 17.8. The summed E-state index contributed by atoms with van der Waals surface area (Å²) in [4.78, 5) is 36.8. The summed E-state index contributed by atoms with van der Waals surface area (Å²) >= 11 is 1.10. The van der Waals surface area contributed by atoms with Gasteiger partial charge in [-0.3, -0.25) is 19.3 Å². The van der Waals surface area contributed by atoms with E-state index in [1.54, 1.807) is 18.2 Å². The Kier molecular flexibility index (Phi) is 7.77. The van der Waals surface area contributed by atoms with Crippen LogP contribution in [0.1, 0.15) is 17.7 Å². The Morgan fingerprint density at radius 3 is 2.74 bits per heavy atom. The summed E-state index contributed by atoms with van der Waals surface area (Å²) in [7, 11) is 0. The van der Waals surface area contributed by atoms with E-state index < -0.39 is 23.7 Å². The van der Waals surface area contributed by atoms with Gasteiger partial charge in [-0.05, 0) is 23.8 Å². The largest absolute Gasteiger partial charge is 0.480 e. The molecule has 9 nitrogen and oxygen atoms in total. The van der Waals surface area contributed by atoms with E-state index in [4.69, 9.17) is 9.52 Å². The molecule has 1 atom stereocenters. The standard InChI is InChI=1S/C21H20N4O5S/c26-18(22-13-19(27)28)12-17-20(29)25(14-16-9-5-11-30-16)21(31-17)24-23-10-4-8-15-6-2-1-3-7-15/h1-11,17H,12-14H2,(H,22,26)(H,27,28)/b8-4+,23-10-,24-21-/t17-/m1/s1. The van der Waals surface area contributed by atoms with Crippen molar-refractivity contribution in [3.8, 4) is 0 Å². The third-order valence-corrected chi connectivity index (χ3v) is 5.27. The third-order valence-electron chi connectivity index (χ3n) is 4.11. The summed E-state index contributed by atoms with van der Waals surface area (Å²) in [6.07, 6.45) is 6.44. The molecule has 160 valence electrons. The first kappa shape index (κ1) is 22.0. The molecule has 1 aliphatic rings. The van der Waals surface area contributed by atoms with Crippen LogP contribution in [0, 0.1) is 0 Å². The van der Waals surface area contributed by atoms with Gasteiger partial charge in [0.2, 0.25) is 11.8 Å². The van der Waals surface area contributed by atoms with Gasteiger partial charge >= 0.3 is 5.97 Å². The monoisotopic (exact) mass is 440 g/mol. The van der Waals surface area contributed by atoms with Crippen molar-refractivity contribution in [3.05, 3.63) is 66.1 Å². The average molecular weight is 440 g/mol. The van der Waals surface area contributed by atoms with Gasteiger partial charge in [-0.15, -0.1) is 5.10 Å². The van der Waals surface area contributed by atoms with Crippen LogP contribution in [0.3, 0.4) is 0 Å². The Morgan fingerprint density at radius 1 is 1.23 bits per heavy atom. The van der Waals surface area contributed by atoms with Crippen LogP contribution in [-0.4, -0.2) is 51.0 Å². The summed E-state index contributed by atoms with van der Waals surface area (Å²) < 4.78 is 5.31. The molecule has 1 fully saturated rings. The highest BCUT2D eigenvalue weighted by Crippen LogP contribution is 2.31. The smallest absolute Gasteiger partial charge is 0.322 e. The number of furan rings is 1. The minimum atomic E-state index is -1.15. The van der Waals surface area contributed by atoms with E-state index in [1.165, 1.54) is 17.4 Å². The Balaban J connectivity index is 1.68. The minimum Gasteiger partial charge on any atom is -0.480 e. The number of carboxylic acid groups (broad SMARTS) is 1. The van der Waals surface area contributed by atoms with E-state index in [9.17, 15) is 14.4 Å². The van der Waals surface area contributed by atoms with Gasteiger partial charge in [0.05, 0.1) is 12.8 Å². The van der Waals surface area contributed by atoms with Gasteiger partial charge in [-0.2, -0.15) is 5.10 Å². The molecule has 0 unspecified atom stereocenters. The fourth-order valence-corrected chi connectivity index (χ4v) is 3.77. The molecule has 31 heavy (non-hydrogen) atoms. The molecular weight excluding hydrogens is 420 g/mol. The maximum absolute atomic E-state index is 12.8. The topological polar surface area (TPSA) is 125 Å². The second kappa shape index (κ2) is 10.9. The Morgan fingerprint density at radius 2 is 2.03 bits per heavy atom. The molecule has 1 aromatic heterocycles. The zero-order chi connectivity index (χ0) is 22.1.